The van der Waals surface area contributed by atoms with E-state index in [1.54, 1.807) is 0 Å². The molecule has 1 fully saturated rings. The summed E-state index contributed by atoms with van der Waals surface area (Å²) in [5, 5.41) is 8.49. The van der Waals surface area contributed by atoms with E-state index in [9.17, 15) is 8.78 Å². The number of imidazole rings is 1. The number of halogens is 2. The molecule has 7 nitrogen and oxygen atoms in total. The van der Waals surface area contributed by atoms with Crippen molar-refractivity contribution in [2.24, 2.45) is 5.92 Å². The van der Waals surface area contributed by atoms with E-state index in [-0.39, 0.29) is 0 Å². The van der Waals surface area contributed by atoms with Crippen molar-refractivity contribution in [2.45, 2.75) is 45.4 Å². The molecule has 194 valence electrons. The molecule has 4 aromatic rings. The minimum atomic E-state index is -0.611. The van der Waals surface area contributed by atoms with Gasteiger partial charge in [-0.15, -0.1) is 0 Å². The highest BCUT2D eigenvalue weighted by molar-refractivity contribution is 5.92. The van der Waals surface area contributed by atoms with Crippen LogP contribution in [0, 0.1) is 17.6 Å². The Morgan fingerprint density at radius 3 is 2.59 bits per heavy atom. The fraction of sp³-hybridized carbons (Fsp3) is 0.429. The third kappa shape index (κ3) is 4.98. The van der Waals surface area contributed by atoms with Gasteiger partial charge in [-0.3, -0.25) is 10.00 Å². The van der Waals surface area contributed by atoms with Crippen molar-refractivity contribution in [2.75, 3.05) is 26.7 Å². The van der Waals surface area contributed by atoms with Gasteiger partial charge in [0, 0.05) is 31.1 Å². The molecule has 1 unspecified atom stereocenters. The van der Waals surface area contributed by atoms with Gasteiger partial charge in [0.15, 0.2) is 5.82 Å². The van der Waals surface area contributed by atoms with Crippen LogP contribution in [0.5, 0.6) is 5.75 Å². The summed E-state index contributed by atoms with van der Waals surface area (Å²) < 4.78 is 33.7. The average Bonchev–Trinajstić information content (AvgIpc) is 3.56. The van der Waals surface area contributed by atoms with Crippen molar-refractivity contribution in [3.8, 4) is 17.3 Å². The number of aromatic amines is 2. The highest BCUT2D eigenvalue weighted by atomic mass is 19.1. The van der Waals surface area contributed by atoms with E-state index in [2.05, 4.69) is 32.0 Å². The number of nitrogens with zero attached hydrogens (tertiary/aromatic N) is 4. The molecular weight excluding hydrogens is 474 g/mol. The summed E-state index contributed by atoms with van der Waals surface area (Å²) in [5.74, 6) is 0.881. The number of hydrogen-bond donors (Lipinski definition) is 2. The van der Waals surface area contributed by atoms with Crippen LogP contribution in [-0.4, -0.2) is 56.6 Å². The summed E-state index contributed by atoms with van der Waals surface area (Å²) in [6.07, 6.45) is 2.62. The molecule has 0 spiro atoms. The van der Waals surface area contributed by atoms with Crippen molar-refractivity contribution in [3.05, 3.63) is 65.0 Å². The second kappa shape index (κ2) is 9.87. The van der Waals surface area contributed by atoms with Gasteiger partial charge in [-0.2, -0.15) is 5.10 Å². The number of aromatic nitrogens is 4. The highest BCUT2D eigenvalue weighted by Gasteiger charge is 2.28. The number of H-pyrrole nitrogens is 2. The van der Waals surface area contributed by atoms with Gasteiger partial charge < -0.3 is 14.6 Å². The third-order valence-electron chi connectivity index (χ3n) is 7.64. The smallest absolute Gasteiger partial charge is 0.159 e. The molecule has 1 atom stereocenters. The van der Waals surface area contributed by atoms with Gasteiger partial charge in [0.25, 0.3) is 0 Å². The zero-order valence-electron chi connectivity index (χ0n) is 21.2. The predicted molar refractivity (Wildman–Crippen MR) is 138 cm³/mol. The molecule has 1 saturated heterocycles. The van der Waals surface area contributed by atoms with E-state index in [4.69, 9.17) is 9.72 Å². The molecule has 2 aromatic heterocycles. The molecule has 0 aliphatic carbocycles. The number of nitrogens with one attached hydrogen (secondary N) is 2. The first kappa shape index (κ1) is 24.1. The topological polar surface area (TPSA) is 73.1 Å². The zero-order chi connectivity index (χ0) is 25.5. The lowest BCUT2D eigenvalue weighted by molar-refractivity contribution is 0.159. The standard InChI is InChI=1S/C28H32F2N6O/c1-3-26(18-10-19(29)12-20(30)11-18)37-21-4-5-23-22(13-21)27(34-33-23)28-31-24-15-36(16-25(24)32-28)14-17-6-8-35(2)9-7-17/h4-5,10-13,17,26H,3,6-9,14-16H2,1-2H3,(H,31,32)(H,33,34). The Kier molecular flexibility index (Phi) is 6.42. The number of rotatable bonds is 7. The largest absolute Gasteiger partial charge is 0.486 e. The van der Waals surface area contributed by atoms with Gasteiger partial charge in [0.2, 0.25) is 0 Å². The maximum Gasteiger partial charge on any atom is 0.159 e. The Labute approximate surface area is 214 Å². The average molecular weight is 507 g/mol. The lowest BCUT2D eigenvalue weighted by Gasteiger charge is -2.31. The van der Waals surface area contributed by atoms with E-state index in [1.807, 2.05) is 25.1 Å². The molecular formula is C28H32F2N6O. The maximum absolute atomic E-state index is 13.8. The minimum Gasteiger partial charge on any atom is -0.486 e. The molecule has 0 amide bonds. The Hall–Kier alpha value is -3.30. The van der Waals surface area contributed by atoms with Gasteiger partial charge in [-0.1, -0.05) is 6.92 Å². The molecule has 9 heteroatoms. The number of fused-ring (bicyclic) bond motifs is 2. The number of ether oxygens (including phenoxy) is 1. The monoisotopic (exact) mass is 506 g/mol. The van der Waals surface area contributed by atoms with Crippen LogP contribution >= 0.6 is 0 Å². The Balaban J connectivity index is 1.19. The molecule has 2 aromatic carbocycles. The van der Waals surface area contributed by atoms with Crippen LogP contribution in [0.25, 0.3) is 22.4 Å². The van der Waals surface area contributed by atoms with E-state index in [0.717, 1.165) is 65.4 Å². The van der Waals surface area contributed by atoms with Crippen LogP contribution in [0.3, 0.4) is 0 Å². The van der Waals surface area contributed by atoms with Crippen LogP contribution in [0.1, 0.15) is 49.2 Å². The quantitative estimate of drug-likeness (QED) is 0.350. The molecule has 4 heterocycles. The molecule has 2 aliphatic heterocycles. The minimum absolute atomic E-state index is 0.471. The second-order valence-corrected chi connectivity index (χ2v) is 10.4. The second-order valence-electron chi connectivity index (χ2n) is 10.4. The van der Waals surface area contributed by atoms with Crippen molar-refractivity contribution in [3.63, 3.8) is 0 Å². The number of piperidine rings is 1. The lowest BCUT2D eigenvalue weighted by Crippen LogP contribution is -2.35. The Morgan fingerprint density at radius 2 is 1.86 bits per heavy atom. The molecule has 2 N–H and O–H groups in total. The fourth-order valence-electron chi connectivity index (χ4n) is 5.61. The van der Waals surface area contributed by atoms with Crippen molar-refractivity contribution >= 4 is 10.9 Å². The van der Waals surface area contributed by atoms with Gasteiger partial charge >= 0.3 is 0 Å². The van der Waals surface area contributed by atoms with Crippen LogP contribution in [-0.2, 0) is 13.1 Å². The van der Waals surface area contributed by atoms with Crippen molar-refractivity contribution < 1.29 is 13.5 Å². The normalized spacial score (nSPS) is 17.9. The first-order chi connectivity index (χ1) is 17.9. The summed E-state index contributed by atoms with van der Waals surface area (Å²) in [6.45, 7) is 7.15. The Morgan fingerprint density at radius 1 is 1.08 bits per heavy atom. The van der Waals surface area contributed by atoms with E-state index in [1.165, 1.54) is 38.1 Å². The number of hydrogen-bond acceptors (Lipinski definition) is 5. The summed E-state index contributed by atoms with van der Waals surface area (Å²) in [7, 11) is 2.20. The summed E-state index contributed by atoms with van der Waals surface area (Å²) in [6, 6.07) is 9.16. The van der Waals surface area contributed by atoms with Gasteiger partial charge in [-0.05, 0) is 81.2 Å². The highest BCUT2D eigenvalue weighted by Crippen LogP contribution is 2.33. The molecule has 0 saturated carbocycles. The fourth-order valence-corrected chi connectivity index (χ4v) is 5.61. The van der Waals surface area contributed by atoms with E-state index in [0.29, 0.717) is 17.7 Å². The number of likely N-dealkylation sites (tertiary alicyclic amines) is 1. The summed E-state index contributed by atoms with van der Waals surface area (Å²) >= 11 is 0. The molecule has 0 radical (unpaired) electrons. The molecule has 6 rings (SSSR count). The number of benzene rings is 2. The summed E-state index contributed by atoms with van der Waals surface area (Å²) in [4.78, 5) is 13.3. The van der Waals surface area contributed by atoms with Crippen LogP contribution in [0.4, 0.5) is 8.78 Å². The van der Waals surface area contributed by atoms with Gasteiger partial charge in [0.05, 0.1) is 16.9 Å². The van der Waals surface area contributed by atoms with Crippen LogP contribution in [0.2, 0.25) is 0 Å². The van der Waals surface area contributed by atoms with E-state index < -0.39 is 17.7 Å². The first-order valence-electron chi connectivity index (χ1n) is 13.0. The zero-order valence-corrected chi connectivity index (χ0v) is 21.2. The summed E-state index contributed by atoms with van der Waals surface area (Å²) in [5.41, 5.74) is 4.32. The van der Waals surface area contributed by atoms with E-state index >= 15 is 0 Å². The Bertz CT molecular complexity index is 1360. The van der Waals surface area contributed by atoms with Crippen molar-refractivity contribution in [1.82, 2.24) is 30.0 Å². The van der Waals surface area contributed by atoms with Crippen LogP contribution in [0.15, 0.2) is 36.4 Å². The van der Waals surface area contributed by atoms with Gasteiger partial charge in [-0.25, -0.2) is 13.8 Å². The van der Waals surface area contributed by atoms with Gasteiger partial charge in [0.1, 0.15) is 29.2 Å². The van der Waals surface area contributed by atoms with Crippen LogP contribution < -0.4 is 4.74 Å². The predicted octanol–water partition coefficient (Wildman–Crippen LogP) is 5.42. The first-order valence-corrected chi connectivity index (χ1v) is 13.0. The molecule has 0 bridgehead atoms. The molecule has 2 aliphatic rings. The maximum atomic E-state index is 13.8. The van der Waals surface area contributed by atoms with Crippen molar-refractivity contribution in [1.29, 1.82) is 0 Å². The molecule has 37 heavy (non-hydrogen) atoms. The SMILES string of the molecule is CCC(Oc1ccc2[nH]nc(-c3nc4c([nH]3)CN(CC3CCN(C)CC3)C4)c2c1)c1cc(F)cc(F)c1. The lowest BCUT2D eigenvalue weighted by atomic mass is 9.97. The third-order valence-corrected chi connectivity index (χ3v) is 7.64.